The molecule has 2 aliphatic heterocycles. The van der Waals surface area contributed by atoms with E-state index in [1.807, 2.05) is 6.07 Å². The van der Waals surface area contributed by atoms with Crippen molar-refractivity contribution in [3.05, 3.63) is 35.9 Å². The molecule has 6 heteroatoms. The van der Waals surface area contributed by atoms with E-state index >= 15 is 0 Å². The van der Waals surface area contributed by atoms with Crippen molar-refractivity contribution in [3.8, 4) is 0 Å². The highest BCUT2D eigenvalue weighted by Gasteiger charge is 2.40. The maximum Gasteiger partial charge on any atom is 0.254 e. The van der Waals surface area contributed by atoms with E-state index in [2.05, 4.69) is 30.6 Å². The Hall–Kier alpha value is -1.47. The van der Waals surface area contributed by atoms with E-state index in [-0.39, 0.29) is 11.4 Å². The van der Waals surface area contributed by atoms with Crippen LogP contribution in [0.2, 0.25) is 0 Å². The first-order valence-electron chi connectivity index (χ1n) is 9.46. The summed E-state index contributed by atoms with van der Waals surface area (Å²) in [7, 11) is 0. The van der Waals surface area contributed by atoms with E-state index in [0.717, 1.165) is 26.2 Å². The third kappa shape index (κ3) is 4.09. The standard InChI is InChI=1S/C20H31N3O3/c1-20(2,3)23-11-9-21(10-12-23)16-13-22(14-16)19(26)18(25)17(24)15-7-5-4-6-8-15/h4-8,16-18,24-25H,9-14H2,1-3H3. The highest BCUT2D eigenvalue weighted by Crippen LogP contribution is 2.24. The summed E-state index contributed by atoms with van der Waals surface area (Å²) in [6.07, 6.45) is -2.59. The molecule has 144 valence electrons. The second kappa shape index (κ2) is 7.64. The van der Waals surface area contributed by atoms with Crippen LogP contribution in [0.4, 0.5) is 0 Å². The molecule has 0 aromatic heterocycles. The van der Waals surface area contributed by atoms with Crippen LogP contribution in [-0.2, 0) is 4.79 Å². The van der Waals surface area contributed by atoms with Gasteiger partial charge in [-0.25, -0.2) is 0 Å². The second-order valence-electron chi connectivity index (χ2n) is 8.39. The Morgan fingerprint density at radius 3 is 2.15 bits per heavy atom. The Kier molecular flexibility index (Phi) is 5.67. The Morgan fingerprint density at radius 2 is 1.62 bits per heavy atom. The van der Waals surface area contributed by atoms with E-state index in [1.54, 1.807) is 29.2 Å². The minimum absolute atomic E-state index is 0.200. The van der Waals surface area contributed by atoms with Crippen molar-refractivity contribution in [2.75, 3.05) is 39.3 Å². The Labute approximate surface area is 156 Å². The van der Waals surface area contributed by atoms with Crippen LogP contribution in [0.25, 0.3) is 0 Å². The molecule has 2 heterocycles. The molecule has 2 fully saturated rings. The largest absolute Gasteiger partial charge is 0.385 e. The summed E-state index contributed by atoms with van der Waals surface area (Å²) >= 11 is 0. The van der Waals surface area contributed by atoms with Gasteiger partial charge >= 0.3 is 0 Å². The molecule has 0 saturated carbocycles. The zero-order valence-corrected chi connectivity index (χ0v) is 16.0. The molecular formula is C20H31N3O3. The summed E-state index contributed by atoms with van der Waals surface area (Å²) < 4.78 is 0. The number of aliphatic hydroxyl groups excluding tert-OH is 2. The van der Waals surface area contributed by atoms with Gasteiger partial charge in [-0.2, -0.15) is 0 Å². The number of amides is 1. The van der Waals surface area contributed by atoms with Crippen LogP contribution >= 0.6 is 0 Å². The van der Waals surface area contributed by atoms with Crippen LogP contribution in [0.15, 0.2) is 30.3 Å². The zero-order chi connectivity index (χ0) is 18.9. The van der Waals surface area contributed by atoms with E-state index in [1.165, 1.54) is 0 Å². The molecule has 0 radical (unpaired) electrons. The smallest absolute Gasteiger partial charge is 0.254 e. The highest BCUT2D eigenvalue weighted by molar-refractivity contribution is 5.82. The molecule has 26 heavy (non-hydrogen) atoms. The first-order chi connectivity index (χ1) is 12.3. The van der Waals surface area contributed by atoms with Crippen molar-refractivity contribution in [2.45, 2.75) is 44.6 Å². The second-order valence-corrected chi connectivity index (χ2v) is 8.39. The third-order valence-electron chi connectivity index (χ3n) is 5.65. The molecule has 2 atom stereocenters. The monoisotopic (exact) mass is 361 g/mol. The number of carbonyl (C=O) groups is 1. The predicted molar refractivity (Wildman–Crippen MR) is 101 cm³/mol. The minimum Gasteiger partial charge on any atom is -0.385 e. The first-order valence-corrected chi connectivity index (χ1v) is 9.46. The minimum atomic E-state index is -1.41. The van der Waals surface area contributed by atoms with Crippen LogP contribution < -0.4 is 0 Å². The first kappa shape index (κ1) is 19.3. The van der Waals surface area contributed by atoms with E-state index < -0.39 is 12.2 Å². The predicted octanol–water partition coefficient (Wildman–Crippen LogP) is 0.708. The quantitative estimate of drug-likeness (QED) is 0.827. The van der Waals surface area contributed by atoms with Crippen LogP contribution in [-0.4, -0.2) is 87.8 Å². The van der Waals surface area contributed by atoms with E-state index in [4.69, 9.17) is 0 Å². The summed E-state index contributed by atoms with van der Waals surface area (Å²) in [5, 5.41) is 20.5. The SMILES string of the molecule is CC(C)(C)N1CCN(C2CN(C(=O)C(O)C(O)c3ccccc3)C2)CC1. The number of carbonyl (C=O) groups excluding carboxylic acids is 1. The fourth-order valence-electron chi connectivity index (χ4n) is 3.78. The van der Waals surface area contributed by atoms with Gasteiger partial charge in [0, 0.05) is 50.8 Å². The molecule has 2 unspecified atom stereocenters. The molecular weight excluding hydrogens is 330 g/mol. The number of nitrogens with zero attached hydrogens (tertiary/aromatic N) is 3. The lowest BCUT2D eigenvalue weighted by molar-refractivity contribution is -0.154. The number of hydrogen-bond acceptors (Lipinski definition) is 5. The normalized spacial score (nSPS) is 22.7. The van der Waals surface area contributed by atoms with Crippen LogP contribution in [0.5, 0.6) is 0 Å². The number of rotatable bonds is 4. The average molecular weight is 361 g/mol. The Balaban J connectivity index is 1.47. The molecule has 6 nitrogen and oxygen atoms in total. The summed E-state index contributed by atoms with van der Waals surface area (Å²) in [6, 6.07) is 9.20. The van der Waals surface area contributed by atoms with Gasteiger partial charge in [0.15, 0.2) is 6.10 Å². The van der Waals surface area contributed by atoms with Crippen LogP contribution in [0.1, 0.15) is 32.4 Å². The van der Waals surface area contributed by atoms with Gasteiger partial charge in [0.1, 0.15) is 6.10 Å². The topological polar surface area (TPSA) is 67.2 Å². The van der Waals surface area contributed by atoms with Gasteiger partial charge in [-0.15, -0.1) is 0 Å². The molecule has 1 aromatic rings. The number of benzene rings is 1. The van der Waals surface area contributed by atoms with Gasteiger partial charge < -0.3 is 15.1 Å². The summed E-state index contributed by atoms with van der Waals surface area (Å²) in [6.45, 7) is 12.1. The molecule has 2 saturated heterocycles. The van der Waals surface area contributed by atoms with Crippen molar-refractivity contribution >= 4 is 5.91 Å². The number of likely N-dealkylation sites (tertiary alicyclic amines) is 1. The fourth-order valence-corrected chi connectivity index (χ4v) is 3.78. The molecule has 2 aliphatic rings. The number of piperazine rings is 1. The Morgan fingerprint density at radius 1 is 1.04 bits per heavy atom. The van der Waals surface area contributed by atoms with Crippen LogP contribution in [0.3, 0.4) is 0 Å². The van der Waals surface area contributed by atoms with Crippen molar-refractivity contribution < 1.29 is 15.0 Å². The molecule has 1 amide bonds. The maximum absolute atomic E-state index is 12.4. The Bertz CT molecular complexity index is 602. The summed E-state index contributed by atoms with van der Waals surface area (Å²) in [5.74, 6) is -0.383. The number of hydrogen-bond donors (Lipinski definition) is 2. The molecule has 2 N–H and O–H groups in total. The van der Waals surface area contributed by atoms with E-state index in [0.29, 0.717) is 24.7 Å². The molecule has 0 spiro atoms. The molecule has 0 bridgehead atoms. The molecule has 3 rings (SSSR count). The maximum atomic E-state index is 12.4. The highest BCUT2D eigenvalue weighted by atomic mass is 16.3. The summed E-state index contributed by atoms with van der Waals surface area (Å²) in [5.41, 5.74) is 0.759. The fraction of sp³-hybridized carbons (Fsp3) is 0.650. The average Bonchev–Trinajstić information content (AvgIpc) is 2.59. The lowest BCUT2D eigenvalue weighted by atomic mass is 9.99. The van der Waals surface area contributed by atoms with Gasteiger partial charge in [-0.3, -0.25) is 14.6 Å². The summed E-state index contributed by atoms with van der Waals surface area (Å²) in [4.78, 5) is 19.0. The van der Waals surface area contributed by atoms with E-state index in [9.17, 15) is 15.0 Å². The van der Waals surface area contributed by atoms with Gasteiger partial charge in [0.25, 0.3) is 5.91 Å². The third-order valence-corrected chi connectivity index (χ3v) is 5.65. The lowest BCUT2D eigenvalue weighted by Gasteiger charge is -2.50. The lowest BCUT2D eigenvalue weighted by Crippen LogP contribution is -2.66. The zero-order valence-electron chi connectivity index (χ0n) is 16.0. The van der Waals surface area contributed by atoms with Crippen molar-refractivity contribution in [2.24, 2.45) is 0 Å². The molecule has 0 aliphatic carbocycles. The van der Waals surface area contributed by atoms with Gasteiger partial charge in [-0.05, 0) is 26.3 Å². The van der Waals surface area contributed by atoms with Gasteiger partial charge in [-0.1, -0.05) is 30.3 Å². The van der Waals surface area contributed by atoms with Gasteiger partial charge in [0.05, 0.1) is 0 Å². The van der Waals surface area contributed by atoms with Crippen molar-refractivity contribution in [3.63, 3.8) is 0 Å². The van der Waals surface area contributed by atoms with Crippen LogP contribution in [0, 0.1) is 0 Å². The van der Waals surface area contributed by atoms with Crippen molar-refractivity contribution in [1.29, 1.82) is 0 Å². The number of aliphatic hydroxyl groups is 2. The molecule has 1 aromatic carbocycles. The van der Waals surface area contributed by atoms with Crippen molar-refractivity contribution in [1.82, 2.24) is 14.7 Å². The van der Waals surface area contributed by atoms with Gasteiger partial charge in [0.2, 0.25) is 0 Å².